The Hall–Kier alpha value is -0.0631. The first-order chi connectivity index (χ1) is 2.94. The Morgan fingerprint density at radius 1 is 1.29 bits per heavy atom. The third-order valence-electron chi connectivity index (χ3n) is 0.451. The highest BCUT2D eigenvalue weighted by atomic mass is 28.5. The molecule has 1 unspecified atom stereocenters. The van der Waals surface area contributed by atoms with Gasteiger partial charge in [-0.2, -0.15) is 0 Å². The molecule has 0 aliphatic heterocycles. The van der Waals surface area contributed by atoms with Crippen molar-refractivity contribution >= 4 is 9.08 Å². The van der Waals surface area contributed by atoms with Gasteiger partial charge in [0.05, 0.1) is 0 Å². The first-order valence-corrected chi connectivity index (χ1v) is 3.36. The maximum atomic E-state index is 11.1. The first-order valence-electron chi connectivity index (χ1n) is 1.65. The molecule has 0 aromatic heterocycles. The lowest BCUT2D eigenvalue weighted by molar-refractivity contribution is 0.334. The highest BCUT2D eigenvalue weighted by Crippen LogP contribution is 2.15. The summed E-state index contributed by atoms with van der Waals surface area (Å²) >= 11 is 0. The van der Waals surface area contributed by atoms with Gasteiger partial charge in [-0.05, 0) is 6.92 Å². The number of alkyl halides is 1. The summed E-state index contributed by atoms with van der Waals surface area (Å²) in [6.45, 7) is 0.520. The molecule has 7 heavy (non-hydrogen) atoms. The Morgan fingerprint density at radius 3 is 1.43 bits per heavy atom. The molecular weight excluding hydrogens is 128 g/mol. The zero-order chi connectivity index (χ0) is 6.08. The Morgan fingerprint density at radius 2 is 1.43 bits per heavy atom. The van der Waals surface area contributed by atoms with Crippen LogP contribution in [0.2, 0.25) is 0 Å². The summed E-state index contributed by atoms with van der Waals surface area (Å²) in [5, 5.41) is 0. The zero-order valence-corrected chi connectivity index (χ0v) is 4.59. The lowest BCUT2D eigenvalue weighted by Crippen LogP contribution is -2.27. The lowest BCUT2D eigenvalue weighted by Gasteiger charge is -1.99. The Labute approximate surface area is 39.7 Å². The van der Waals surface area contributed by atoms with E-state index >= 15 is 0 Å². The van der Waals surface area contributed by atoms with Crippen molar-refractivity contribution in [1.82, 2.24) is 0 Å². The average Bonchev–Trinajstić information content (AvgIpc) is 1.31. The summed E-state index contributed by atoms with van der Waals surface area (Å²) < 4.78 is 44.0. The van der Waals surface area contributed by atoms with Gasteiger partial charge in [-0.1, -0.05) is 0 Å². The number of halogens is 4. The largest absolute Gasteiger partial charge is 0.652 e. The van der Waals surface area contributed by atoms with Gasteiger partial charge >= 0.3 is 9.08 Å². The third kappa shape index (κ3) is 2.61. The van der Waals surface area contributed by atoms with E-state index < -0.39 is 14.9 Å². The van der Waals surface area contributed by atoms with Gasteiger partial charge in [0.2, 0.25) is 0 Å². The Balaban J connectivity index is 3.54. The topological polar surface area (TPSA) is 0 Å². The molecule has 0 heterocycles. The van der Waals surface area contributed by atoms with E-state index in [2.05, 4.69) is 0 Å². The van der Waals surface area contributed by atoms with Gasteiger partial charge in [0.25, 0.3) is 0 Å². The number of hydrogen-bond donors (Lipinski definition) is 0. The fourth-order valence-electron chi connectivity index (χ4n) is 0. The molecule has 0 radical (unpaired) electrons. The SMILES string of the molecule is CC(F)[Si](F)(F)F. The van der Waals surface area contributed by atoms with E-state index in [0.717, 1.165) is 0 Å². The van der Waals surface area contributed by atoms with E-state index in [4.69, 9.17) is 0 Å². The lowest BCUT2D eigenvalue weighted by atomic mass is 10.9. The van der Waals surface area contributed by atoms with Gasteiger partial charge in [-0.25, -0.2) is 16.7 Å². The van der Waals surface area contributed by atoms with Crippen LogP contribution in [-0.2, 0) is 0 Å². The molecule has 0 saturated heterocycles. The molecule has 0 nitrogen and oxygen atoms in total. The van der Waals surface area contributed by atoms with Crippen LogP contribution in [0.4, 0.5) is 16.7 Å². The Kier molecular flexibility index (Phi) is 1.80. The van der Waals surface area contributed by atoms with E-state index in [1.807, 2.05) is 0 Å². The second-order valence-corrected chi connectivity index (χ2v) is 3.04. The highest BCUT2D eigenvalue weighted by Gasteiger charge is 2.45. The predicted molar refractivity (Wildman–Crippen MR) is 19.6 cm³/mol. The summed E-state index contributed by atoms with van der Waals surface area (Å²) in [5.41, 5.74) is 0. The fraction of sp³-hybridized carbons (Fsp3) is 1.00. The van der Waals surface area contributed by atoms with Crippen LogP contribution in [0.15, 0.2) is 0 Å². The summed E-state index contributed by atoms with van der Waals surface area (Å²) in [7, 11) is -5.90. The van der Waals surface area contributed by atoms with Crippen LogP contribution in [-0.4, -0.2) is 14.9 Å². The number of rotatable bonds is 1. The summed E-state index contributed by atoms with van der Waals surface area (Å²) in [6.07, 6.45) is 0. The average molecular weight is 132 g/mol. The van der Waals surface area contributed by atoms with E-state index in [1.54, 1.807) is 0 Å². The van der Waals surface area contributed by atoms with Crippen LogP contribution in [0.25, 0.3) is 0 Å². The van der Waals surface area contributed by atoms with E-state index in [9.17, 15) is 16.7 Å². The van der Waals surface area contributed by atoms with Crippen molar-refractivity contribution in [2.45, 2.75) is 12.7 Å². The van der Waals surface area contributed by atoms with Crippen molar-refractivity contribution < 1.29 is 16.7 Å². The molecule has 0 saturated carbocycles. The van der Waals surface area contributed by atoms with Gasteiger partial charge in [0, 0.05) is 0 Å². The van der Waals surface area contributed by atoms with E-state index in [0.29, 0.717) is 6.92 Å². The highest BCUT2D eigenvalue weighted by molar-refractivity contribution is 6.59. The zero-order valence-electron chi connectivity index (χ0n) is 3.59. The molecule has 0 bridgehead atoms. The second-order valence-electron chi connectivity index (χ2n) is 1.16. The summed E-state index contributed by atoms with van der Waals surface area (Å²) in [5.74, 6) is -2.56. The van der Waals surface area contributed by atoms with Crippen molar-refractivity contribution in [2.24, 2.45) is 0 Å². The van der Waals surface area contributed by atoms with E-state index in [1.165, 1.54) is 0 Å². The minimum Gasteiger partial charge on any atom is -0.242 e. The Bertz CT molecular complexity index is 55.2. The van der Waals surface area contributed by atoms with Crippen molar-refractivity contribution in [1.29, 1.82) is 0 Å². The molecule has 5 heteroatoms. The van der Waals surface area contributed by atoms with Crippen molar-refractivity contribution in [3.05, 3.63) is 0 Å². The maximum Gasteiger partial charge on any atom is 0.652 e. The van der Waals surface area contributed by atoms with Gasteiger partial charge in [0.15, 0.2) is 5.79 Å². The van der Waals surface area contributed by atoms with E-state index in [-0.39, 0.29) is 0 Å². The van der Waals surface area contributed by atoms with Crippen LogP contribution in [0.3, 0.4) is 0 Å². The molecule has 0 rings (SSSR count). The molecule has 44 valence electrons. The van der Waals surface area contributed by atoms with Crippen LogP contribution >= 0.6 is 0 Å². The molecule has 0 N–H and O–H groups in total. The standard InChI is InChI=1S/C2H4F4Si/c1-2(3)7(4,5)6/h2H,1H3. The molecule has 0 amide bonds. The van der Waals surface area contributed by atoms with Crippen molar-refractivity contribution in [3.63, 3.8) is 0 Å². The summed E-state index contributed by atoms with van der Waals surface area (Å²) in [6, 6.07) is 0. The predicted octanol–water partition coefficient (Wildman–Crippen LogP) is 1.73. The first kappa shape index (κ1) is 6.94. The summed E-state index contributed by atoms with van der Waals surface area (Å²) in [4.78, 5) is 0. The molecule has 0 aromatic carbocycles. The molecule has 0 aliphatic carbocycles. The molecular formula is C2H4F4Si. The minimum absolute atomic E-state index is 0.520. The third-order valence-corrected chi connectivity index (χ3v) is 1.35. The smallest absolute Gasteiger partial charge is 0.242 e. The molecule has 0 fully saturated rings. The van der Waals surface area contributed by atoms with Gasteiger partial charge in [0.1, 0.15) is 0 Å². The normalized spacial score (nSPS) is 16.7. The van der Waals surface area contributed by atoms with Crippen LogP contribution in [0.1, 0.15) is 6.92 Å². The second kappa shape index (κ2) is 1.81. The minimum atomic E-state index is -5.90. The van der Waals surface area contributed by atoms with Crippen molar-refractivity contribution in [3.8, 4) is 0 Å². The quantitative estimate of drug-likeness (QED) is 0.289. The van der Waals surface area contributed by atoms with Crippen LogP contribution < -0.4 is 0 Å². The van der Waals surface area contributed by atoms with Crippen molar-refractivity contribution in [2.75, 3.05) is 0 Å². The monoisotopic (exact) mass is 132 g/mol. The molecule has 0 aliphatic rings. The van der Waals surface area contributed by atoms with Gasteiger partial charge in [-0.3, -0.25) is 0 Å². The van der Waals surface area contributed by atoms with Crippen LogP contribution in [0.5, 0.6) is 0 Å². The van der Waals surface area contributed by atoms with Gasteiger partial charge < -0.3 is 0 Å². The van der Waals surface area contributed by atoms with Gasteiger partial charge in [-0.15, -0.1) is 0 Å². The molecule has 1 atom stereocenters. The molecule has 0 aromatic rings. The molecule has 0 spiro atoms. The fourth-order valence-corrected chi connectivity index (χ4v) is 0. The van der Waals surface area contributed by atoms with Crippen LogP contribution in [0, 0.1) is 0 Å². The maximum absolute atomic E-state index is 11.1. The number of hydrogen-bond acceptors (Lipinski definition) is 0.